The van der Waals surface area contributed by atoms with Crippen molar-refractivity contribution in [2.45, 2.75) is 69.8 Å². The molecular weight excluding hydrogens is 560 g/mol. The molecule has 9 heteroatoms. The van der Waals surface area contributed by atoms with Crippen molar-refractivity contribution in [1.29, 1.82) is 0 Å². The van der Waals surface area contributed by atoms with Crippen molar-refractivity contribution in [2.75, 3.05) is 26.8 Å². The molecule has 3 N–H and O–H groups in total. The quantitative estimate of drug-likeness (QED) is 0.251. The number of rotatable bonds is 13. The van der Waals surface area contributed by atoms with Gasteiger partial charge in [-0.1, -0.05) is 72.8 Å². The third-order valence-electron chi connectivity index (χ3n) is 8.46. The number of carbonyl (C=O) groups excluding carboxylic acids is 1. The number of carboxylic acids is 1. The van der Waals surface area contributed by atoms with E-state index >= 15 is 0 Å². The predicted octanol–water partition coefficient (Wildman–Crippen LogP) is 4.98. The summed E-state index contributed by atoms with van der Waals surface area (Å²) in [5, 5.41) is 21.2. The van der Waals surface area contributed by atoms with Gasteiger partial charge in [-0.05, 0) is 47.2 Å². The molecule has 2 saturated heterocycles. The lowest BCUT2D eigenvalue weighted by atomic mass is 9.97. The van der Waals surface area contributed by atoms with E-state index in [4.69, 9.17) is 19.3 Å². The van der Waals surface area contributed by atoms with Gasteiger partial charge in [-0.25, -0.2) is 0 Å². The summed E-state index contributed by atoms with van der Waals surface area (Å²) in [5.74, 6) is -1.28. The molecule has 5 rings (SSSR count). The number of hydrogen-bond acceptors (Lipinski definition) is 7. The number of hydrogen-bond donors (Lipinski definition) is 3. The van der Waals surface area contributed by atoms with Crippen molar-refractivity contribution in [3.05, 3.63) is 95.1 Å². The number of nitrogens with zero attached hydrogens (tertiary/aromatic N) is 1. The Morgan fingerprint density at radius 1 is 0.977 bits per heavy atom. The molecule has 2 fully saturated rings. The normalized spacial score (nSPS) is 22.1. The maximum Gasteiger partial charge on any atom is 0.303 e. The van der Waals surface area contributed by atoms with Crippen LogP contribution in [0.2, 0.25) is 0 Å². The molecule has 0 saturated carbocycles. The first-order chi connectivity index (χ1) is 21.4. The number of aliphatic hydroxyl groups is 1. The number of amides is 1. The van der Waals surface area contributed by atoms with E-state index in [0.29, 0.717) is 19.2 Å². The van der Waals surface area contributed by atoms with Crippen molar-refractivity contribution in [2.24, 2.45) is 0 Å². The molecular formula is C35H42N2O7. The number of carbonyl (C=O) groups is 2. The lowest BCUT2D eigenvalue weighted by Gasteiger charge is -2.38. The van der Waals surface area contributed by atoms with Gasteiger partial charge in [0.15, 0.2) is 6.29 Å². The van der Waals surface area contributed by atoms with Gasteiger partial charge in [-0.2, -0.15) is 0 Å². The van der Waals surface area contributed by atoms with Crippen molar-refractivity contribution in [3.63, 3.8) is 0 Å². The van der Waals surface area contributed by atoms with Crippen LogP contribution in [0.15, 0.2) is 72.8 Å². The molecule has 44 heavy (non-hydrogen) atoms. The second-order valence-electron chi connectivity index (χ2n) is 11.5. The van der Waals surface area contributed by atoms with E-state index in [-0.39, 0.29) is 37.6 Å². The van der Waals surface area contributed by atoms with Crippen molar-refractivity contribution >= 4 is 11.9 Å². The minimum absolute atomic E-state index is 0.00256. The molecule has 0 bridgehead atoms. The van der Waals surface area contributed by atoms with Gasteiger partial charge in [0.1, 0.15) is 0 Å². The van der Waals surface area contributed by atoms with Gasteiger partial charge >= 0.3 is 5.97 Å². The minimum Gasteiger partial charge on any atom is -0.481 e. The average Bonchev–Trinajstić information content (AvgIpc) is 3.49. The van der Waals surface area contributed by atoms with Gasteiger partial charge in [-0.15, -0.1) is 0 Å². The van der Waals surface area contributed by atoms with E-state index in [2.05, 4.69) is 10.2 Å². The monoisotopic (exact) mass is 602 g/mol. The fraction of sp³-hybridized carbons (Fsp3) is 0.429. The average molecular weight is 603 g/mol. The molecule has 3 aromatic carbocycles. The van der Waals surface area contributed by atoms with E-state index < -0.39 is 12.3 Å². The first-order valence-corrected chi connectivity index (χ1v) is 15.3. The van der Waals surface area contributed by atoms with Crippen molar-refractivity contribution < 1.29 is 34.0 Å². The summed E-state index contributed by atoms with van der Waals surface area (Å²) in [6.45, 7) is 2.87. The predicted molar refractivity (Wildman–Crippen MR) is 165 cm³/mol. The van der Waals surface area contributed by atoms with Gasteiger partial charge < -0.3 is 29.7 Å². The Labute approximate surface area is 258 Å². The summed E-state index contributed by atoms with van der Waals surface area (Å²) in [6.07, 6.45) is 2.04. The number of aliphatic carboxylic acids is 1. The topological polar surface area (TPSA) is 118 Å². The Bertz CT molecular complexity index is 1380. The zero-order chi connectivity index (χ0) is 30.9. The SMILES string of the molecule is COC[C@@H]1CCCN1C[C@@H]1C[C@H](c2ccc(CO)cc2)O[C@H](c2ccc(-c3ccccc3CNC(=O)CCC(=O)O)cc2)O1. The van der Waals surface area contributed by atoms with Crippen LogP contribution in [0.1, 0.15) is 66.8 Å². The van der Waals surface area contributed by atoms with Crippen molar-refractivity contribution in [1.82, 2.24) is 10.2 Å². The molecule has 0 unspecified atom stereocenters. The summed E-state index contributed by atoms with van der Waals surface area (Å²) in [6, 6.07) is 24.3. The number of carboxylic acid groups (broad SMARTS) is 1. The zero-order valence-electron chi connectivity index (χ0n) is 25.2. The molecule has 0 aromatic heterocycles. The van der Waals surface area contributed by atoms with E-state index in [1.54, 1.807) is 7.11 Å². The number of benzene rings is 3. The third kappa shape index (κ3) is 8.31. The van der Waals surface area contributed by atoms with Gasteiger partial charge in [-0.3, -0.25) is 14.5 Å². The maximum atomic E-state index is 12.1. The largest absolute Gasteiger partial charge is 0.481 e. The number of aliphatic hydroxyl groups excluding tert-OH is 1. The van der Waals surface area contributed by atoms with Gasteiger partial charge in [0.05, 0.1) is 31.8 Å². The standard InChI is InChI=1S/C35H42N2O7/c1-42-23-29-6-4-18-37(29)21-30-19-32(26-10-8-24(22-38)9-11-26)44-35(43-30)27-14-12-25(13-15-27)31-7-3-2-5-28(31)20-36-33(39)16-17-34(40)41/h2-3,5,7-15,29-30,32,35,38H,4,6,16-23H2,1H3,(H,36,39)(H,40,41)/t29-,30-,32+,35+/m0/s1. The summed E-state index contributed by atoms with van der Waals surface area (Å²) < 4.78 is 18.6. The number of ether oxygens (including phenoxy) is 3. The Balaban J connectivity index is 1.32. The van der Waals surface area contributed by atoms with Crippen molar-refractivity contribution in [3.8, 4) is 11.1 Å². The summed E-state index contributed by atoms with van der Waals surface area (Å²) in [4.78, 5) is 25.4. The fourth-order valence-electron chi connectivity index (χ4n) is 6.09. The third-order valence-corrected chi connectivity index (χ3v) is 8.46. The Morgan fingerprint density at radius 2 is 1.73 bits per heavy atom. The Morgan fingerprint density at radius 3 is 2.45 bits per heavy atom. The summed E-state index contributed by atoms with van der Waals surface area (Å²) >= 11 is 0. The minimum atomic E-state index is -0.991. The van der Waals surface area contributed by atoms with Gasteiger partial charge in [0.25, 0.3) is 0 Å². The molecule has 4 atom stereocenters. The maximum absolute atomic E-state index is 12.1. The highest BCUT2D eigenvalue weighted by Gasteiger charge is 2.35. The smallest absolute Gasteiger partial charge is 0.303 e. The van der Waals surface area contributed by atoms with Crippen LogP contribution in [0.25, 0.3) is 11.1 Å². The molecule has 0 radical (unpaired) electrons. The van der Waals surface area contributed by atoms with Crippen LogP contribution in [0.4, 0.5) is 0 Å². The highest BCUT2D eigenvalue weighted by atomic mass is 16.7. The van der Waals surface area contributed by atoms with E-state index in [0.717, 1.165) is 65.7 Å². The molecule has 0 spiro atoms. The first-order valence-electron chi connectivity index (χ1n) is 15.3. The molecule has 0 aliphatic carbocycles. The summed E-state index contributed by atoms with van der Waals surface area (Å²) in [7, 11) is 1.75. The highest BCUT2D eigenvalue weighted by molar-refractivity contribution is 5.80. The van der Waals surface area contributed by atoms with Crippen LogP contribution in [0, 0.1) is 0 Å². The number of methoxy groups -OCH3 is 1. The molecule has 9 nitrogen and oxygen atoms in total. The van der Waals surface area contributed by atoms with Crippen LogP contribution in [-0.2, 0) is 37.0 Å². The van der Waals surface area contributed by atoms with Crippen LogP contribution >= 0.6 is 0 Å². The van der Waals surface area contributed by atoms with Crippen LogP contribution in [0.3, 0.4) is 0 Å². The van der Waals surface area contributed by atoms with Gasteiger partial charge in [0, 0.05) is 44.6 Å². The summed E-state index contributed by atoms with van der Waals surface area (Å²) in [5.41, 5.74) is 5.77. The number of nitrogens with one attached hydrogen (secondary N) is 1. The molecule has 234 valence electrons. The Hall–Kier alpha value is -3.60. The van der Waals surface area contributed by atoms with Crippen LogP contribution < -0.4 is 5.32 Å². The van der Waals surface area contributed by atoms with Crippen LogP contribution in [0.5, 0.6) is 0 Å². The molecule has 3 aromatic rings. The lowest BCUT2D eigenvalue weighted by Crippen LogP contribution is -2.42. The van der Waals surface area contributed by atoms with Crippen LogP contribution in [-0.4, -0.2) is 65.9 Å². The zero-order valence-corrected chi connectivity index (χ0v) is 25.2. The Kier molecular flexibility index (Phi) is 11.1. The molecule has 1 amide bonds. The number of likely N-dealkylation sites (tertiary alicyclic amines) is 1. The lowest BCUT2D eigenvalue weighted by molar-refractivity contribution is -0.253. The van der Waals surface area contributed by atoms with E-state index in [1.165, 1.54) is 0 Å². The molecule has 2 aliphatic rings. The molecule has 2 aliphatic heterocycles. The molecule has 2 heterocycles. The van der Waals surface area contributed by atoms with Gasteiger partial charge in [0.2, 0.25) is 5.91 Å². The van der Waals surface area contributed by atoms with E-state index in [9.17, 15) is 14.7 Å². The highest BCUT2D eigenvalue weighted by Crippen LogP contribution is 2.39. The fourth-order valence-corrected chi connectivity index (χ4v) is 6.09. The second kappa shape index (κ2) is 15.4. The first kappa shape index (κ1) is 31.8. The van der Waals surface area contributed by atoms with E-state index in [1.807, 2.05) is 72.8 Å². The second-order valence-corrected chi connectivity index (χ2v) is 11.5.